The molecular weight excluding hydrogens is 290 g/mol. The van der Waals surface area contributed by atoms with Gasteiger partial charge in [-0.15, -0.1) is 11.3 Å². The van der Waals surface area contributed by atoms with Gasteiger partial charge in [0.05, 0.1) is 29.2 Å². The van der Waals surface area contributed by atoms with E-state index in [0.29, 0.717) is 33.0 Å². The van der Waals surface area contributed by atoms with Crippen LogP contribution in [-0.4, -0.2) is 33.6 Å². The summed E-state index contributed by atoms with van der Waals surface area (Å²) < 4.78 is 0. The lowest BCUT2D eigenvalue weighted by Gasteiger charge is -2.17. The predicted molar refractivity (Wildman–Crippen MR) is 82.8 cm³/mol. The number of H-pyrrole nitrogens is 1. The first kappa shape index (κ1) is 15.7. The Morgan fingerprint density at radius 3 is 2.81 bits per heavy atom. The zero-order valence-electron chi connectivity index (χ0n) is 12.3. The van der Waals surface area contributed by atoms with Crippen molar-refractivity contribution in [2.75, 3.05) is 6.61 Å². The van der Waals surface area contributed by atoms with Gasteiger partial charge in [0.25, 0.3) is 11.5 Å². The molecule has 0 bridgehead atoms. The van der Waals surface area contributed by atoms with E-state index in [1.807, 2.05) is 13.8 Å². The number of aryl methyl sites for hydroxylation is 1. The van der Waals surface area contributed by atoms with Gasteiger partial charge in [-0.2, -0.15) is 0 Å². The van der Waals surface area contributed by atoms with Crippen molar-refractivity contribution in [3.8, 4) is 0 Å². The second-order valence-electron chi connectivity index (χ2n) is 5.45. The van der Waals surface area contributed by atoms with E-state index >= 15 is 0 Å². The van der Waals surface area contributed by atoms with Crippen LogP contribution in [0.2, 0.25) is 0 Å². The molecule has 2 aromatic rings. The topological polar surface area (TPSA) is 95.1 Å². The van der Waals surface area contributed by atoms with E-state index in [2.05, 4.69) is 15.3 Å². The van der Waals surface area contributed by atoms with Crippen LogP contribution in [0, 0.1) is 12.8 Å². The minimum absolute atomic E-state index is 0.104. The minimum Gasteiger partial charge on any atom is -0.394 e. The van der Waals surface area contributed by atoms with Gasteiger partial charge < -0.3 is 15.4 Å². The fraction of sp³-hybridized carbons (Fsp3) is 0.500. The summed E-state index contributed by atoms with van der Waals surface area (Å²) in [6.45, 7) is 5.69. The Balaban J connectivity index is 2.29. The van der Waals surface area contributed by atoms with Crippen LogP contribution in [0.25, 0.3) is 10.2 Å². The number of aliphatic hydroxyl groups is 1. The molecule has 0 radical (unpaired) electrons. The van der Waals surface area contributed by atoms with Crippen molar-refractivity contribution in [1.29, 1.82) is 0 Å². The number of nitrogens with zero attached hydrogens (tertiary/aromatic N) is 1. The highest BCUT2D eigenvalue weighted by molar-refractivity contribution is 7.20. The normalized spacial score (nSPS) is 12.8. The molecule has 0 aliphatic heterocycles. The Morgan fingerprint density at radius 2 is 2.24 bits per heavy atom. The van der Waals surface area contributed by atoms with E-state index < -0.39 is 0 Å². The van der Waals surface area contributed by atoms with Crippen LogP contribution in [0.3, 0.4) is 0 Å². The zero-order chi connectivity index (χ0) is 15.6. The molecule has 0 aliphatic rings. The minimum atomic E-state index is -0.284. The lowest BCUT2D eigenvalue weighted by Crippen LogP contribution is -2.38. The van der Waals surface area contributed by atoms with Crippen LogP contribution in [0.15, 0.2) is 11.1 Å². The number of aliphatic hydroxyl groups excluding tert-OH is 1. The molecule has 1 atom stereocenters. The van der Waals surface area contributed by atoms with Crippen LogP contribution in [0.1, 0.15) is 35.5 Å². The maximum atomic E-state index is 12.3. The van der Waals surface area contributed by atoms with Crippen molar-refractivity contribution in [1.82, 2.24) is 15.3 Å². The highest BCUT2D eigenvalue weighted by Crippen LogP contribution is 2.26. The number of carbonyl (C=O) groups is 1. The van der Waals surface area contributed by atoms with Crippen molar-refractivity contribution in [3.63, 3.8) is 0 Å². The van der Waals surface area contributed by atoms with E-state index in [1.165, 1.54) is 17.7 Å². The van der Waals surface area contributed by atoms with E-state index in [1.54, 1.807) is 6.92 Å². The number of nitrogens with one attached hydrogen (secondary N) is 2. The highest BCUT2D eigenvalue weighted by atomic mass is 32.1. The summed E-state index contributed by atoms with van der Waals surface area (Å²) in [6.07, 6.45) is 2.03. The van der Waals surface area contributed by atoms with Crippen molar-refractivity contribution in [2.45, 2.75) is 33.2 Å². The van der Waals surface area contributed by atoms with E-state index in [-0.39, 0.29) is 24.1 Å². The number of aromatic nitrogens is 2. The highest BCUT2D eigenvalue weighted by Gasteiger charge is 2.21. The SMILES string of the molecule is Cc1c(C(=O)NC(CO)CC(C)C)sc2nc[nH]c(=O)c12. The average Bonchev–Trinajstić information content (AvgIpc) is 2.76. The number of hydrogen-bond donors (Lipinski definition) is 3. The van der Waals surface area contributed by atoms with Crippen LogP contribution < -0.4 is 10.9 Å². The zero-order valence-corrected chi connectivity index (χ0v) is 13.1. The lowest BCUT2D eigenvalue weighted by atomic mass is 10.0. The number of rotatable bonds is 5. The van der Waals surface area contributed by atoms with Gasteiger partial charge in [0.2, 0.25) is 0 Å². The van der Waals surface area contributed by atoms with Gasteiger partial charge in [0, 0.05) is 0 Å². The largest absolute Gasteiger partial charge is 0.394 e. The number of carbonyl (C=O) groups excluding carboxylic acids is 1. The molecule has 2 aromatic heterocycles. The van der Waals surface area contributed by atoms with Crippen LogP contribution in [0.4, 0.5) is 0 Å². The van der Waals surface area contributed by atoms with Gasteiger partial charge in [-0.3, -0.25) is 9.59 Å². The second kappa shape index (κ2) is 6.36. The first-order chi connectivity index (χ1) is 9.93. The quantitative estimate of drug-likeness (QED) is 0.778. The summed E-state index contributed by atoms with van der Waals surface area (Å²) in [6, 6.07) is -0.284. The van der Waals surface area contributed by atoms with E-state index in [4.69, 9.17) is 0 Å². The molecular formula is C14H19N3O3S. The molecule has 1 unspecified atom stereocenters. The van der Waals surface area contributed by atoms with Gasteiger partial charge in [0.15, 0.2) is 0 Å². The molecule has 0 spiro atoms. The first-order valence-electron chi connectivity index (χ1n) is 6.82. The smallest absolute Gasteiger partial charge is 0.262 e. The molecule has 6 nitrogen and oxygen atoms in total. The molecule has 7 heteroatoms. The number of aromatic amines is 1. The summed E-state index contributed by atoms with van der Waals surface area (Å²) in [7, 11) is 0. The molecule has 21 heavy (non-hydrogen) atoms. The maximum Gasteiger partial charge on any atom is 0.262 e. The number of thiophene rings is 1. The molecule has 0 saturated heterocycles. The van der Waals surface area contributed by atoms with Gasteiger partial charge in [0.1, 0.15) is 4.83 Å². The van der Waals surface area contributed by atoms with Gasteiger partial charge in [-0.05, 0) is 24.8 Å². The number of hydrogen-bond acceptors (Lipinski definition) is 5. The Hall–Kier alpha value is -1.73. The third-order valence-electron chi connectivity index (χ3n) is 3.25. The summed E-state index contributed by atoms with van der Waals surface area (Å²) in [5.41, 5.74) is 0.386. The molecule has 0 saturated carbocycles. The van der Waals surface area contributed by atoms with Crippen LogP contribution in [-0.2, 0) is 0 Å². The van der Waals surface area contributed by atoms with Gasteiger partial charge >= 0.3 is 0 Å². The fourth-order valence-electron chi connectivity index (χ4n) is 2.29. The molecule has 2 heterocycles. The Kier molecular flexibility index (Phi) is 4.74. The summed E-state index contributed by atoms with van der Waals surface area (Å²) in [4.78, 5) is 31.8. The van der Waals surface area contributed by atoms with Gasteiger partial charge in [-0.25, -0.2) is 4.98 Å². The molecule has 0 fully saturated rings. The second-order valence-corrected chi connectivity index (χ2v) is 6.45. The summed E-state index contributed by atoms with van der Waals surface area (Å²) in [5.74, 6) is 0.102. The molecule has 114 valence electrons. The Labute approximate surface area is 126 Å². The van der Waals surface area contributed by atoms with Crippen molar-refractivity contribution in [3.05, 3.63) is 27.1 Å². The van der Waals surface area contributed by atoms with Crippen LogP contribution in [0.5, 0.6) is 0 Å². The molecule has 3 N–H and O–H groups in total. The van der Waals surface area contributed by atoms with Crippen molar-refractivity contribution < 1.29 is 9.90 Å². The average molecular weight is 309 g/mol. The van der Waals surface area contributed by atoms with E-state index in [0.717, 1.165) is 0 Å². The summed E-state index contributed by atoms with van der Waals surface area (Å²) in [5, 5.41) is 12.6. The molecule has 0 aliphatic carbocycles. The third-order valence-corrected chi connectivity index (χ3v) is 4.45. The first-order valence-corrected chi connectivity index (χ1v) is 7.64. The fourth-order valence-corrected chi connectivity index (χ4v) is 3.35. The third kappa shape index (κ3) is 3.30. The molecule has 0 aromatic carbocycles. The van der Waals surface area contributed by atoms with E-state index in [9.17, 15) is 14.7 Å². The predicted octanol–water partition coefficient (Wildman–Crippen LogP) is 1.43. The number of amides is 1. The standard InChI is InChI=1S/C14H19N3O3S/c1-7(2)4-9(5-18)17-13(20)11-8(3)10-12(19)15-6-16-14(10)21-11/h6-7,9,18H,4-5H2,1-3H3,(H,17,20)(H,15,16,19). The monoisotopic (exact) mass is 309 g/mol. The molecule has 1 amide bonds. The summed E-state index contributed by atoms with van der Waals surface area (Å²) >= 11 is 1.19. The van der Waals surface area contributed by atoms with Crippen LogP contribution >= 0.6 is 11.3 Å². The van der Waals surface area contributed by atoms with Crippen molar-refractivity contribution in [2.24, 2.45) is 5.92 Å². The lowest BCUT2D eigenvalue weighted by molar-refractivity contribution is 0.0912. The van der Waals surface area contributed by atoms with Crippen molar-refractivity contribution >= 4 is 27.5 Å². The van der Waals surface area contributed by atoms with Gasteiger partial charge in [-0.1, -0.05) is 13.8 Å². The maximum absolute atomic E-state index is 12.3. The Morgan fingerprint density at radius 1 is 1.52 bits per heavy atom. The Bertz CT molecular complexity index is 705. The number of fused-ring (bicyclic) bond motifs is 1. The molecule has 2 rings (SSSR count).